The molecular weight excluding hydrogens is 445 g/mol. The maximum atomic E-state index is 13.2. The van der Waals surface area contributed by atoms with Gasteiger partial charge in [0.25, 0.3) is 5.91 Å². The zero-order chi connectivity index (χ0) is 24.1. The van der Waals surface area contributed by atoms with Gasteiger partial charge < -0.3 is 0 Å². The molecule has 0 fully saturated rings. The van der Waals surface area contributed by atoms with E-state index in [1.807, 2.05) is 6.07 Å². The Bertz CT molecular complexity index is 1390. The number of nitrogens with zero attached hydrogens (tertiary/aromatic N) is 5. The lowest BCUT2D eigenvalue weighted by atomic mass is 10.2. The highest BCUT2D eigenvalue weighted by atomic mass is 19.4. The van der Waals surface area contributed by atoms with Gasteiger partial charge in [0, 0.05) is 18.0 Å². The molecule has 0 saturated carbocycles. The third-order valence-corrected chi connectivity index (χ3v) is 4.74. The fraction of sp³-hybridized carbons (Fsp3) is 0.0417. The lowest BCUT2D eigenvalue weighted by molar-refractivity contribution is -0.137. The number of carbonyl (C=O) groups excluding carboxylic acids is 1. The number of rotatable bonds is 5. The van der Waals surface area contributed by atoms with Crippen molar-refractivity contribution >= 4 is 12.1 Å². The van der Waals surface area contributed by atoms with E-state index in [0.717, 1.165) is 16.8 Å². The summed E-state index contributed by atoms with van der Waals surface area (Å²) in [6.07, 6.45) is -0.0719. The molecule has 1 amide bonds. The molecule has 2 aromatic carbocycles. The van der Waals surface area contributed by atoms with Gasteiger partial charge in [-0.2, -0.15) is 28.6 Å². The van der Waals surface area contributed by atoms with Crippen molar-refractivity contribution in [3.05, 3.63) is 102 Å². The van der Waals surface area contributed by atoms with Crippen molar-refractivity contribution in [1.82, 2.24) is 20.2 Å². The van der Waals surface area contributed by atoms with Gasteiger partial charge in [-0.3, -0.25) is 9.78 Å². The topological polar surface area (TPSA) is 96.0 Å². The summed E-state index contributed by atoms with van der Waals surface area (Å²) in [4.78, 5) is 16.9. The first-order valence-corrected chi connectivity index (χ1v) is 9.87. The number of carbonyl (C=O) groups is 1. The lowest BCUT2D eigenvalue weighted by Gasteiger charge is -2.10. The summed E-state index contributed by atoms with van der Waals surface area (Å²) >= 11 is 0. The number of halogens is 3. The number of nitrogens with one attached hydrogen (secondary N) is 1. The van der Waals surface area contributed by atoms with E-state index in [-0.39, 0.29) is 11.4 Å². The molecule has 0 radical (unpaired) electrons. The van der Waals surface area contributed by atoms with Crippen LogP contribution >= 0.6 is 0 Å². The number of amides is 1. The molecule has 0 unspecified atom stereocenters. The van der Waals surface area contributed by atoms with Crippen molar-refractivity contribution in [1.29, 1.82) is 5.26 Å². The molecule has 0 bridgehead atoms. The van der Waals surface area contributed by atoms with Crippen LogP contribution in [0.25, 0.3) is 16.9 Å². The summed E-state index contributed by atoms with van der Waals surface area (Å²) in [5.41, 5.74) is 3.60. The summed E-state index contributed by atoms with van der Waals surface area (Å²) < 4.78 is 40.8. The third kappa shape index (κ3) is 4.99. The highest BCUT2D eigenvalue weighted by Gasteiger charge is 2.31. The molecule has 1 N–H and O–H groups in total. The van der Waals surface area contributed by atoms with Crippen molar-refractivity contribution < 1.29 is 18.0 Å². The normalized spacial score (nSPS) is 11.4. The molecule has 10 heteroatoms. The largest absolute Gasteiger partial charge is 0.416 e. The van der Waals surface area contributed by atoms with E-state index in [9.17, 15) is 18.0 Å². The van der Waals surface area contributed by atoms with Crippen LogP contribution in [-0.2, 0) is 6.18 Å². The van der Waals surface area contributed by atoms with Gasteiger partial charge in [-0.1, -0.05) is 18.2 Å². The number of nitriles is 1. The summed E-state index contributed by atoms with van der Waals surface area (Å²) in [5.74, 6) is -0.676. The van der Waals surface area contributed by atoms with Crippen molar-refractivity contribution in [3.8, 4) is 23.0 Å². The predicted octanol–water partition coefficient (Wildman–Crippen LogP) is 4.59. The molecule has 0 aliphatic heterocycles. The third-order valence-electron chi connectivity index (χ3n) is 4.74. The Kier molecular flexibility index (Phi) is 6.18. The van der Waals surface area contributed by atoms with Gasteiger partial charge in [0.15, 0.2) is 0 Å². The average Bonchev–Trinajstić information content (AvgIpc) is 3.30. The zero-order valence-corrected chi connectivity index (χ0v) is 17.4. The van der Waals surface area contributed by atoms with E-state index in [0.29, 0.717) is 22.4 Å². The van der Waals surface area contributed by atoms with Crippen LogP contribution < -0.4 is 5.43 Å². The van der Waals surface area contributed by atoms with Gasteiger partial charge in [0.1, 0.15) is 5.69 Å². The molecule has 34 heavy (non-hydrogen) atoms. The first-order chi connectivity index (χ1) is 16.3. The lowest BCUT2D eigenvalue weighted by Crippen LogP contribution is -2.21. The van der Waals surface area contributed by atoms with E-state index >= 15 is 0 Å². The van der Waals surface area contributed by atoms with Crippen molar-refractivity contribution in [2.75, 3.05) is 0 Å². The maximum Gasteiger partial charge on any atom is 0.416 e. The second-order valence-corrected chi connectivity index (χ2v) is 7.05. The Hall–Kier alpha value is -4.78. The molecule has 0 aliphatic carbocycles. The second kappa shape index (κ2) is 9.38. The number of pyridine rings is 1. The molecule has 2 heterocycles. The summed E-state index contributed by atoms with van der Waals surface area (Å²) in [5, 5.41) is 17.1. The van der Waals surface area contributed by atoms with Gasteiger partial charge >= 0.3 is 6.18 Å². The molecule has 0 spiro atoms. The van der Waals surface area contributed by atoms with Gasteiger partial charge in [-0.25, -0.2) is 10.1 Å². The van der Waals surface area contributed by atoms with E-state index < -0.39 is 17.6 Å². The van der Waals surface area contributed by atoms with E-state index in [2.05, 4.69) is 20.6 Å². The van der Waals surface area contributed by atoms with E-state index in [1.165, 1.54) is 30.6 Å². The number of alkyl halides is 3. The summed E-state index contributed by atoms with van der Waals surface area (Å²) in [6.45, 7) is 0. The number of hydrazone groups is 1. The molecule has 7 nitrogen and oxygen atoms in total. The van der Waals surface area contributed by atoms with Crippen molar-refractivity contribution in [2.45, 2.75) is 6.18 Å². The van der Waals surface area contributed by atoms with Crippen LogP contribution in [0.15, 0.2) is 84.2 Å². The first kappa shape index (κ1) is 22.4. The minimum atomic E-state index is -4.55. The highest BCUT2D eigenvalue weighted by molar-refractivity contribution is 5.95. The number of hydrogen-bond acceptors (Lipinski definition) is 5. The molecular formula is C24H15F3N6O. The Morgan fingerprint density at radius 1 is 1.09 bits per heavy atom. The second-order valence-electron chi connectivity index (χ2n) is 7.05. The monoisotopic (exact) mass is 460 g/mol. The molecule has 0 aliphatic rings. The highest BCUT2D eigenvalue weighted by Crippen LogP contribution is 2.31. The van der Waals surface area contributed by atoms with Crippen LogP contribution in [0.2, 0.25) is 0 Å². The molecule has 0 atom stereocenters. The Morgan fingerprint density at radius 2 is 1.88 bits per heavy atom. The van der Waals surface area contributed by atoms with Crippen LogP contribution in [0.1, 0.15) is 27.2 Å². The maximum absolute atomic E-state index is 13.2. The molecule has 4 rings (SSSR count). The minimum absolute atomic E-state index is 0.0184. The number of benzene rings is 2. The van der Waals surface area contributed by atoms with Crippen LogP contribution in [0, 0.1) is 11.3 Å². The molecule has 2 aromatic heterocycles. The Morgan fingerprint density at radius 3 is 2.56 bits per heavy atom. The van der Waals surface area contributed by atoms with Crippen LogP contribution in [0.4, 0.5) is 13.2 Å². The van der Waals surface area contributed by atoms with Gasteiger partial charge in [0.2, 0.25) is 0 Å². The van der Waals surface area contributed by atoms with Crippen molar-refractivity contribution in [2.24, 2.45) is 5.10 Å². The van der Waals surface area contributed by atoms with Gasteiger partial charge in [0.05, 0.1) is 34.8 Å². The molecule has 168 valence electrons. The van der Waals surface area contributed by atoms with Crippen LogP contribution in [0.5, 0.6) is 0 Å². The fourth-order valence-electron chi connectivity index (χ4n) is 3.08. The number of aromatic nitrogens is 3. The quantitative estimate of drug-likeness (QED) is 0.348. The minimum Gasteiger partial charge on any atom is -0.266 e. The standard InChI is InChI=1S/C24H15F3N6O/c25-24(26,27)19-4-1-5-20(11-19)33-22(12-21(32-33)18-3-2-10-29-15-18)23(34)31-30-14-17-8-6-16(13-28)7-9-17/h1-12,14-15H,(H,31,34)/b30-14-. The first-order valence-electron chi connectivity index (χ1n) is 9.87. The fourth-order valence-corrected chi connectivity index (χ4v) is 3.08. The number of hydrogen-bond donors (Lipinski definition) is 1. The zero-order valence-electron chi connectivity index (χ0n) is 17.4. The smallest absolute Gasteiger partial charge is 0.266 e. The Labute approximate surface area is 191 Å². The predicted molar refractivity (Wildman–Crippen MR) is 118 cm³/mol. The van der Waals surface area contributed by atoms with Crippen LogP contribution in [-0.4, -0.2) is 26.9 Å². The van der Waals surface area contributed by atoms with E-state index in [1.54, 1.807) is 42.6 Å². The Balaban J connectivity index is 1.67. The molecule has 0 saturated heterocycles. The SMILES string of the molecule is N#Cc1ccc(/C=N\NC(=O)c2cc(-c3cccnc3)nn2-c2cccc(C(F)(F)F)c2)cc1. The summed E-state index contributed by atoms with van der Waals surface area (Å²) in [6, 6.07) is 17.9. The van der Waals surface area contributed by atoms with Gasteiger partial charge in [-0.15, -0.1) is 0 Å². The van der Waals surface area contributed by atoms with E-state index in [4.69, 9.17) is 5.26 Å². The summed E-state index contributed by atoms with van der Waals surface area (Å²) in [7, 11) is 0. The average molecular weight is 460 g/mol. The van der Waals surface area contributed by atoms with Gasteiger partial charge in [-0.05, 0) is 54.1 Å². The van der Waals surface area contributed by atoms with Crippen molar-refractivity contribution in [3.63, 3.8) is 0 Å². The van der Waals surface area contributed by atoms with Crippen LogP contribution in [0.3, 0.4) is 0 Å². The molecule has 4 aromatic rings.